The highest BCUT2D eigenvalue weighted by atomic mass is 32.2. The molecule has 0 spiro atoms. The highest BCUT2D eigenvalue weighted by Gasteiger charge is 2.23. The Morgan fingerprint density at radius 3 is 2.55 bits per heavy atom. The van der Waals surface area contributed by atoms with E-state index in [2.05, 4.69) is 10.6 Å². The normalized spacial score (nSPS) is 14.5. The second kappa shape index (κ2) is 6.47. The Morgan fingerprint density at radius 2 is 2.00 bits per heavy atom. The maximum absolute atomic E-state index is 13.3. The average molecular weight is 333 g/mol. The predicted molar refractivity (Wildman–Crippen MR) is 78.1 cm³/mol. The van der Waals surface area contributed by atoms with Crippen LogP contribution < -0.4 is 14.9 Å². The minimum Gasteiger partial charge on any atom is -0.336 e. The van der Waals surface area contributed by atoms with E-state index in [1.807, 2.05) is 0 Å². The van der Waals surface area contributed by atoms with Crippen LogP contribution >= 0.6 is 0 Å². The summed E-state index contributed by atoms with van der Waals surface area (Å²) in [6.07, 6.45) is 2.84. The van der Waals surface area contributed by atoms with Gasteiger partial charge in [0.15, 0.2) is 11.6 Å². The van der Waals surface area contributed by atoms with Crippen LogP contribution in [0.15, 0.2) is 18.2 Å². The monoisotopic (exact) mass is 333 g/mol. The lowest BCUT2D eigenvalue weighted by Gasteiger charge is -2.22. The molecule has 1 aliphatic carbocycles. The third-order valence-corrected chi connectivity index (χ3v) is 4.30. The van der Waals surface area contributed by atoms with Crippen molar-refractivity contribution in [1.29, 1.82) is 0 Å². The van der Waals surface area contributed by atoms with Gasteiger partial charge >= 0.3 is 6.03 Å². The first-order valence-corrected chi connectivity index (χ1v) is 8.59. The molecule has 0 radical (unpaired) electrons. The van der Waals surface area contributed by atoms with E-state index >= 15 is 0 Å². The van der Waals surface area contributed by atoms with Crippen molar-refractivity contribution in [2.45, 2.75) is 18.9 Å². The number of hydrogen-bond acceptors (Lipinski definition) is 3. The molecule has 0 aliphatic heterocycles. The average Bonchev–Trinajstić information content (AvgIpc) is 3.20. The smallest absolute Gasteiger partial charge is 0.315 e. The fraction of sp³-hybridized carbons (Fsp3) is 0.462. The molecule has 1 aromatic rings. The van der Waals surface area contributed by atoms with Crippen LogP contribution in [0.5, 0.6) is 0 Å². The van der Waals surface area contributed by atoms with Crippen LogP contribution in [0, 0.1) is 11.6 Å². The largest absolute Gasteiger partial charge is 0.336 e. The molecule has 0 aromatic heterocycles. The van der Waals surface area contributed by atoms with Gasteiger partial charge in [-0.1, -0.05) is 0 Å². The summed E-state index contributed by atoms with van der Waals surface area (Å²) in [5.41, 5.74) is 0.00537. The number of halogens is 2. The predicted octanol–water partition coefficient (Wildman–Crippen LogP) is 1.19. The molecule has 2 amide bonds. The van der Waals surface area contributed by atoms with Crippen molar-refractivity contribution in [3.05, 3.63) is 29.8 Å². The van der Waals surface area contributed by atoms with Crippen molar-refractivity contribution in [2.24, 2.45) is 0 Å². The number of rotatable bonds is 6. The highest BCUT2D eigenvalue weighted by Crippen LogP contribution is 2.20. The Bertz CT molecular complexity index is 662. The van der Waals surface area contributed by atoms with E-state index in [-0.39, 0.29) is 30.8 Å². The molecule has 6 nitrogen and oxygen atoms in total. The number of benzene rings is 1. The number of nitrogens with one attached hydrogen (secondary N) is 2. The number of amides is 2. The third-order valence-electron chi connectivity index (χ3n) is 3.10. The van der Waals surface area contributed by atoms with Crippen LogP contribution in [0.1, 0.15) is 12.8 Å². The van der Waals surface area contributed by atoms with Crippen molar-refractivity contribution in [3.63, 3.8) is 0 Å². The Balaban J connectivity index is 2.00. The molecule has 22 heavy (non-hydrogen) atoms. The second-order valence-electron chi connectivity index (χ2n) is 5.11. The molecule has 0 atom stereocenters. The molecule has 0 bridgehead atoms. The van der Waals surface area contributed by atoms with Crippen LogP contribution in [0.3, 0.4) is 0 Å². The van der Waals surface area contributed by atoms with Gasteiger partial charge in [0, 0.05) is 18.7 Å². The Labute approximate surface area is 127 Å². The van der Waals surface area contributed by atoms with Crippen LogP contribution in [0.25, 0.3) is 0 Å². The lowest BCUT2D eigenvalue weighted by molar-refractivity contribution is 0.241. The van der Waals surface area contributed by atoms with Crippen molar-refractivity contribution < 1.29 is 22.0 Å². The van der Waals surface area contributed by atoms with Crippen LogP contribution in [-0.2, 0) is 10.0 Å². The maximum Gasteiger partial charge on any atom is 0.315 e. The van der Waals surface area contributed by atoms with E-state index in [0.29, 0.717) is 0 Å². The summed E-state index contributed by atoms with van der Waals surface area (Å²) in [7, 11) is -3.68. The molecular formula is C13H17F2N3O3S. The van der Waals surface area contributed by atoms with Gasteiger partial charge in [0.2, 0.25) is 10.0 Å². The Morgan fingerprint density at radius 1 is 1.32 bits per heavy atom. The van der Waals surface area contributed by atoms with E-state index in [1.165, 1.54) is 6.07 Å². The van der Waals surface area contributed by atoms with Crippen LogP contribution in [-0.4, -0.2) is 39.8 Å². The minimum absolute atomic E-state index is 0.00537. The first kappa shape index (κ1) is 16.5. The first-order chi connectivity index (χ1) is 10.3. The Hall–Kier alpha value is -1.90. The molecule has 0 unspecified atom stereocenters. The number of sulfonamides is 1. The van der Waals surface area contributed by atoms with Gasteiger partial charge in [-0.25, -0.2) is 22.0 Å². The van der Waals surface area contributed by atoms with Gasteiger partial charge < -0.3 is 10.6 Å². The van der Waals surface area contributed by atoms with Crippen molar-refractivity contribution in [1.82, 2.24) is 10.6 Å². The van der Waals surface area contributed by atoms with Crippen molar-refractivity contribution >= 4 is 21.7 Å². The van der Waals surface area contributed by atoms with E-state index in [9.17, 15) is 22.0 Å². The van der Waals surface area contributed by atoms with E-state index in [4.69, 9.17) is 0 Å². The Kier molecular flexibility index (Phi) is 4.84. The van der Waals surface area contributed by atoms with Gasteiger partial charge in [-0.3, -0.25) is 4.31 Å². The van der Waals surface area contributed by atoms with E-state index in [1.54, 1.807) is 0 Å². The molecule has 1 saturated carbocycles. The molecule has 9 heteroatoms. The standard InChI is InChI=1S/C13H17F2N3O3S/c1-22(20,21)18(10-4-5-11(14)12(15)8-10)7-6-16-13(19)17-9-2-3-9/h4-5,8-9H,2-3,6-7H2,1H3,(H2,16,17,19). The van der Waals surface area contributed by atoms with Crippen molar-refractivity contribution in [2.75, 3.05) is 23.7 Å². The van der Waals surface area contributed by atoms with Crippen LogP contribution in [0.2, 0.25) is 0 Å². The highest BCUT2D eigenvalue weighted by molar-refractivity contribution is 7.92. The molecule has 2 rings (SSSR count). The quantitative estimate of drug-likeness (QED) is 0.821. The van der Waals surface area contributed by atoms with Gasteiger partial charge in [0.05, 0.1) is 18.5 Å². The molecule has 122 valence electrons. The number of carbonyl (C=O) groups excluding carboxylic acids is 1. The summed E-state index contributed by atoms with van der Waals surface area (Å²) < 4.78 is 50.6. The maximum atomic E-state index is 13.3. The topological polar surface area (TPSA) is 78.5 Å². The van der Waals surface area contributed by atoms with Crippen LogP contribution in [0.4, 0.5) is 19.3 Å². The second-order valence-corrected chi connectivity index (χ2v) is 7.01. The molecule has 0 saturated heterocycles. The first-order valence-electron chi connectivity index (χ1n) is 6.74. The third kappa shape index (κ3) is 4.55. The van der Waals surface area contributed by atoms with Gasteiger partial charge in [-0.05, 0) is 25.0 Å². The van der Waals surface area contributed by atoms with Crippen molar-refractivity contribution in [3.8, 4) is 0 Å². The number of hydrogen-bond donors (Lipinski definition) is 2. The fourth-order valence-electron chi connectivity index (χ4n) is 1.86. The summed E-state index contributed by atoms with van der Waals surface area (Å²) in [6, 6.07) is 2.65. The lowest BCUT2D eigenvalue weighted by Crippen LogP contribution is -2.42. The van der Waals surface area contributed by atoms with E-state index in [0.717, 1.165) is 35.5 Å². The molecule has 1 fully saturated rings. The van der Waals surface area contributed by atoms with Gasteiger partial charge in [-0.2, -0.15) is 0 Å². The lowest BCUT2D eigenvalue weighted by atomic mass is 10.3. The summed E-state index contributed by atoms with van der Waals surface area (Å²) in [5, 5.41) is 5.22. The fourth-order valence-corrected chi connectivity index (χ4v) is 2.78. The van der Waals surface area contributed by atoms with Gasteiger partial charge in [0.1, 0.15) is 0 Å². The molecule has 0 heterocycles. The summed E-state index contributed by atoms with van der Waals surface area (Å²) in [5.74, 6) is -2.19. The molecular weight excluding hydrogens is 316 g/mol. The molecule has 1 aliphatic rings. The summed E-state index contributed by atoms with van der Waals surface area (Å²) >= 11 is 0. The van der Waals surface area contributed by atoms with Gasteiger partial charge in [-0.15, -0.1) is 0 Å². The number of urea groups is 1. The van der Waals surface area contributed by atoms with Gasteiger partial charge in [0.25, 0.3) is 0 Å². The summed E-state index contributed by atoms with van der Waals surface area (Å²) in [6.45, 7) is -0.0351. The zero-order chi connectivity index (χ0) is 16.3. The SMILES string of the molecule is CS(=O)(=O)N(CCNC(=O)NC1CC1)c1ccc(F)c(F)c1. The number of anilines is 1. The van der Waals surface area contributed by atoms with E-state index < -0.39 is 21.7 Å². The minimum atomic E-state index is -3.68. The number of nitrogens with zero attached hydrogens (tertiary/aromatic N) is 1. The molecule has 1 aromatic carbocycles. The molecule has 2 N–H and O–H groups in total. The zero-order valence-corrected chi connectivity index (χ0v) is 12.8. The number of carbonyl (C=O) groups is 1. The zero-order valence-electron chi connectivity index (χ0n) is 12.0. The summed E-state index contributed by atoms with van der Waals surface area (Å²) in [4.78, 5) is 11.5.